The van der Waals surface area contributed by atoms with Crippen LogP contribution in [0.5, 0.6) is 0 Å². The Morgan fingerprint density at radius 3 is 2.62 bits per heavy atom. The zero-order valence-corrected chi connectivity index (χ0v) is 8.66. The molecule has 1 unspecified atom stereocenters. The molecule has 0 amide bonds. The predicted octanol–water partition coefficient (Wildman–Crippen LogP) is 1.11. The quantitative estimate of drug-likeness (QED) is 0.804. The maximum Gasteiger partial charge on any atom is 0.404 e. The standard InChI is InChI=1S/C9H14F3NO3/c10-9(11,12)7(6-8(14)15)13-2-1-4-16-5-3-13/h7H,1-6H2,(H,14,15). The predicted molar refractivity (Wildman–Crippen MR) is 49.1 cm³/mol. The number of carbonyl (C=O) groups is 1. The van der Waals surface area contributed by atoms with Crippen molar-refractivity contribution in [2.24, 2.45) is 0 Å². The minimum Gasteiger partial charge on any atom is -0.481 e. The fraction of sp³-hybridized carbons (Fsp3) is 0.889. The molecule has 1 saturated heterocycles. The monoisotopic (exact) mass is 241 g/mol. The number of nitrogens with zero attached hydrogens (tertiary/aromatic N) is 1. The number of alkyl halides is 3. The SMILES string of the molecule is O=C(O)CC(N1CCCOCC1)C(F)(F)F. The molecule has 1 atom stereocenters. The van der Waals surface area contributed by atoms with Gasteiger partial charge in [-0.15, -0.1) is 0 Å². The molecule has 0 spiro atoms. The highest BCUT2D eigenvalue weighted by Crippen LogP contribution is 2.27. The fourth-order valence-electron chi connectivity index (χ4n) is 1.69. The number of rotatable bonds is 3. The van der Waals surface area contributed by atoms with Crippen molar-refractivity contribution in [1.29, 1.82) is 0 Å². The third-order valence-electron chi connectivity index (χ3n) is 2.44. The van der Waals surface area contributed by atoms with Crippen LogP contribution in [0.25, 0.3) is 0 Å². The Bertz CT molecular complexity index is 237. The van der Waals surface area contributed by atoms with E-state index in [0.717, 1.165) is 4.90 Å². The van der Waals surface area contributed by atoms with E-state index in [2.05, 4.69) is 0 Å². The molecule has 0 aromatic heterocycles. The first-order valence-corrected chi connectivity index (χ1v) is 5.01. The smallest absolute Gasteiger partial charge is 0.404 e. The lowest BCUT2D eigenvalue weighted by atomic mass is 10.1. The minimum atomic E-state index is -4.51. The van der Waals surface area contributed by atoms with Crippen molar-refractivity contribution < 1.29 is 27.8 Å². The number of carboxylic acid groups (broad SMARTS) is 1. The number of hydrogen-bond donors (Lipinski definition) is 1. The van der Waals surface area contributed by atoms with Gasteiger partial charge in [-0.1, -0.05) is 0 Å². The van der Waals surface area contributed by atoms with Crippen LogP contribution in [0.3, 0.4) is 0 Å². The van der Waals surface area contributed by atoms with Gasteiger partial charge in [0.2, 0.25) is 0 Å². The Morgan fingerprint density at radius 1 is 1.38 bits per heavy atom. The second kappa shape index (κ2) is 5.49. The van der Waals surface area contributed by atoms with Crippen LogP contribution in [-0.2, 0) is 9.53 Å². The van der Waals surface area contributed by atoms with Gasteiger partial charge in [0, 0.05) is 19.7 Å². The third-order valence-corrected chi connectivity index (χ3v) is 2.44. The lowest BCUT2D eigenvalue weighted by molar-refractivity contribution is -0.190. The van der Waals surface area contributed by atoms with Crippen molar-refractivity contribution in [3.63, 3.8) is 0 Å². The van der Waals surface area contributed by atoms with Crippen molar-refractivity contribution in [3.8, 4) is 0 Å². The number of halogens is 3. The Balaban J connectivity index is 2.69. The molecule has 0 saturated carbocycles. The molecule has 1 aliphatic heterocycles. The summed E-state index contributed by atoms with van der Waals surface area (Å²) in [5.41, 5.74) is 0. The van der Waals surface area contributed by atoms with Gasteiger partial charge in [-0.05, 0) is 6.42 Å². The Morgan fingerprint density at radius 2 is 2.06 bits per heavy atom. The summed E-state index contributed by atoms with van der Waals surface area (Å²) < 4.78 is 43.0. The number of aliphatic carboxylic acids is 1. The Hall–Kier alpha value is -0.820. The van der Waals surface area contributed by atoms with Crippen LogP contribution in [0, 0.1) is 0 Å². The van der Waals surface area contributed by atoms with Crippen LogP contribution >= 0.6 is 0 Å². The molecule has 0 radical (unpaired) electrons. The van der Waals surface area contributed by atoms with E-state index >= 15 is 0 Å². The molecular weight excluding hydrogens is 227 g/mol. The summed E-state index contributed by atoms with van der Waals surface area (Å²) in [4.78, 5) is 11.6. The van der Waals surface area contributed by atoms with Gasteiger partial charge in [0.05, 0.1) is 13.0 Å². The highest BCUT2D eigenvalue weighted by molar-refractivity contribution is 5.67. The van der Waals surface area contributed by atoms with Gasteiger partial charge in [-0.3, -0.25) is 9.69 Å². The molecule has 16 heavy (non-hydrogen) atoms. The third kappa shape index (κ3) is 3.97. The second-order valence-corrected chi connectivity index (χ2v) is 3.66. The average molecular weight is 241 g/mol. The summed E-state index contributed by atoms with van der Waals surface area (Å²) in [6.07, 6.45) is -4.93. The van der Waals surface area contributed by atoms with E-state index in [1.165, 1.54) is 0 Å². The Kier molecular flexibility index (Phi) is 4.55. The number of carboxylic acids is 1. The summed E-state index contributed by atoms with van der Waals surface area (Å²) in [6.45, 7) is 0.981. The van der Waals surface area contributed by atoms with E-state index < -0.39 is 24.6 Å². The van der Waals surface area contributed by atoms with Crippen LogP contribution in [-0.4, -0.2) is 54.5 Å². The molecule has 0 aromatic rings. The summed E-state index contributed by atoms with van der Waals surface area (Å²) in [5, 5.41) is 8.49. The van der Waals surface area contributed by atoms with E-state index in [4.69, 9.17) is 9.84 Å². The van der Waals surface area contributed by atoms with Gasteiger partial charge in [0.1, 0.15) is 6.04 Å². The van der Waals surface area contributed by atoms with Gasteiger partial charge in [-0.25, -0.2) is 0 Å². The molecule has 1 aliphatic rings. The maximum absolute atomic E-state index is 12.7. The van der Waals surface area contributed by atoms with Crippen molar-refractivity contribution in [2.75, 3.05) is 26.3 Å². The molecule has 1 fully saturated rings. The first-order valence-electron chi connectivity index (χ1n) is 5.01. The highest BCUT2D eigenvalue weighted by Gasteiger charge is 2.44. The average Bonchev–Trinajstić information content (AvgIpc) is 2.40. The first kappa shape index (κ1) is 13.2. The lowest BCUT2D eigenvalue weighted by Gasteiger charge is -2.30. The fourth-order valence-corrected chi connectivity index (χ4v) is 1.69. The summed E-state index contributed by atoms with van der Waals surface area (Å²) in [5.74, 6) is -1.44. The largest absolute Gasteiger partial charge is 0.481 e. The van der Waals surface area contributed by atoms with Crippen molar-refractivity contribution in [3.05, 3.63) is 0 Å². The highest BCUT2D eigenvalue weighted by atomic mass is 19.4. The van der Waals surface area contributed by atoms with E-state index in [-0.39, 0.29) is 19.7 Å². The topological polar surface area (TPSA) is 49.8 Å². The minimum absolute atomic E-state index is 0.122. The molecule has 7 heteroatoms. The molecule has 0 bridgehead atoms. The molecular formula is C9H14F3NO3. The van der Waals surface area contributed by atoms with E-state index in [9.17, 15) is 18.0 Å². The molecule has 0 aromatic carbocycles. The van der Waals surface area contributed by atoms with Crippen LogP contribution in [0.1, 0.15) is 12.8 Å². The van der Waals surface area contributed by atoms with Gasteiger partial charge in [-0.2, -0.15) is 13.2 Å². The van der Waals surface area contributed by atoms with Gasteiger partial charge in [0.15, 0.2) is 0 Å². The van der Waals surface area contributed by atoms with Crippen LogP contribution in [0.15, 0.2) is 0 Å². The summed E-state index contributed by atoms with van der Waals surface area (Å²) in [6, 6.07) is -1.91. The molecule has 4 nitrogen and oxygen atoms in total. The van der Waals surface area contributed by atoms with Crippen LogP contribution < -0.4 is 0 Å². The molecule has 94 valence electrons. The zero-order chi connectivity index (χ0) is 12.2. The molecule has 1 heterocycles. The lowest BCUT2D eigenvalue weighted by Crippen LogP contribution is -2.48. The molecule has 0 aliphatic carbocycles. The van der Waals surface area contributed by atoms with Crippen molar-refractivity contribution in [1.82, 2.24) is 4.90 Å². The van der Waals surface area contributed by atoms with Gasteiger partial charge >= 0.3 is 12.1 Å². The summed E-state index contributed by atoms with van der Waals surface area (Å²) in [7, 11) is 0. The maximum atomic E-state index is 12.7. The van der Waals surface area contributed by atoms with Crippen LogP contribution in [0.4, 0.5) is 13.2 Å². The molecule has 1 N–H and O–H groups in total. The van der Waals surface area contributed by atoms with Gasteiger partial charge < -0.3 is 9.84 Å². The normalized spacial score (nSPS) is 21.4. The van der Waals surface area contributed by atoms with Crippen molar-refractivity contribution in [2.45, 2.75) is 25.1 Å². The van der Waals surface area contributed by atoms with E-state index in [1.54, 1.807) is 0 Å². The van der Waals surface area contributed by atoms with Gasteiger partial charge in [0.25, 0.3) is 0 Å². The Labute approximate surface area is 91.0 Å². The number of ether oxygens (including phenoxy) is 1. The number of hydrogen-bond acceptors (Lipinski definition) is 3. The zero-order valence-electron chi connectivity index (χ0n) is 8.66. The summed E-state index contributed by atoms with van der Waals surface area (Å²) >= 11 is 0. The first-order chi connectivity index (χ1) is 7.41. The van der Waals surface area contributed by atoms with Crippen molar-refractivity contribution >= 4 is 5.97 Å². The molecule has 1 rings (SSSR count). The van der Waals surface area contributed by atoms with E-state index in [1.807, 2.05) is 0 Å². The van der Waals surface area contributed by atoms with E-state index in [0.29, 0.717) is 13.0 Å². The van der Waals surface area contributed by atoms with Crippen LogP contribution in [0.2, 0.25) is 0 Å². The second-order valence-electron chi connectivity index (χ2n) is 3.66.